The molecule has 1 aromatic heterocycles. The van der Waals surface area contributed by atoms with E-state index in [4.69, 9.17) is 9.47 Å². The maximum Gasteiger partial charge on any atom is 0.261 e. The quantitative estimate of drug-likeness (QED) is 0.675. The zero-order valence-electron chi connectivity index (χ0n) is 17.3. The fourth-order valence-electron chi connectivity index (χ4n) is 3.69. The summed E-state index contributed by atoms with van der Waals surface area (Å²) in [5.74, 6) is -0.620. The largest absolute Gasteiger partial charge is 0.481 e. The maximum atomic E-state index is 12.8. The standard InChI is InChI=1S/C22H24N4O5/c1-30-19-6-4-16(14-23-19)24-20(27)15-3-5-17-18(13-15)22(29)26(21(17)28)8-2-7-25-9-11-31-12-10-25/h3-6,13-14H,2,7-12H2,1H3,(H,24,27). The average Bonchev–Trinajstić information content (AvgIpc) is 3.04. The number of aromatic nitrogens is 1. The van der Waals surface area contributed by atoms with Gasteiger partial charge in [0.25, 0.3) is 17.7 Å². The van der Waals surface area contributed by atoms with E-state index in [1.54, 1.807) is 24.3 Å². The number of pyridine rings is 1. The number of ether oxygens (including phenoxy) is 2. The van der Waals surface area contributed by atoms with E-state index in [0.717, 1.165) is 19.6 Å². The Balaban J connectivity index is 1.40. The van der Waals surface area contributed by atoms with Gasteiger partial charge >= 0.3 is 0 Å². The average molecular weight is 424 g/mol. The Kier molecular flexibility index (Phi) is 6.24. The zero-order chi connectivity index (χ0) is 21.8. The molecule has 1 N–H and O–H groups in total. The van der Waals surface area contributed by atoms with Gasteiger partial charge in [-0.05, 0) is 30.7 Å². The number of hydrogen-bond donors (Lipinski definition) is 1. The van der Waals surface area contributed by atoms with Gasteiger partial charge in [-0.3, -0.25) is 24.2 Å². The number of rotatable bonds is 7. The van der Waals surface area contributed by atoms with Gasteiger partial charge in [-0.25, -0.2) is 4.98 Å². The Morgan fingerprint density at radius 2 is 1.87 bits per heavy atom. The summed E-state index contributed by atoms with van der Waals surface area (Å²) in [5, 5.41) is 2.73. The van der Waals surface area contributed by atoms with E-state index in [0.29, 0.717) is 48.9 Å². The summed E-state index contributed by atoms with van der Waals surface area (Å²) in [6, 6.07) is 7.87. The normalized spacial score (nSPS) is 16.4. The van der Waals surface area contributed by atoms with Gasteiger partial charge < -0.3 is 14.8 Å². The molecule has 162 valence electrons. The van der Waals surface area contributed by atoms with Gasteiger partial charge in [0.1, 0.15) is 0 Å². The third-order valence-electron chi connectivity index (χ3n) is 5.40. The van der Waals surface area contributed by atoms with Crippen LogP contribution in [0.4, 0.5) is 5.69 Å². The molecule has 1 aromatic carbocycles. The molecule has 1 saturated heterocycles. The van der Waals surface area contributed by atoms with Crippen molar-refractivity contribution in [1.82, 2.24) is 14.8 Å². The first-order valence-corrected chi connectivity index (χ1v) is 10.2. The smallest absolute Gasteiger partial charge is 0.261 e. The highest BCUT2D eigenvalue weighted by molar-refractivity contribution is 6.22. The second-order valence-corrected chi connectivity index (χ2v) is 7.37. The minimum Gasteiger partial charge on any atom is -0.481 e. The second-order valence-electron chi connectivity index (χ2n) is 7.37. The van der Waals surface area contributed by atoms with Crippen LogP contribution in [-0.4, -0.2) is 79.0 Å². The minimum atomic E-state index is -0.388. The van der Waals surface area contributed by atoms with Crippen LogP contribution in [0.5, 0.6) is 5.88 Å². The van der Waals surface area contributed by atoms with Crippen LogP contribution >= 0.6 is 0 Å². The summed E-state index contributed by atoms with van der Waals surface area (Å²) >= 11 is 0. The van der Waals surface area contributed by atoms with Crippen molar-refractivity contribution in [2.45, 2.75) is 6.42 Å². The lowest BCUT2D eigenvalue weighted by molar-refractivity contribution is 0.0355. The summed E-state index contributed by atoms with van der Waals surface area (Å²) in [7, 11) is 1.51. The van der Waals surface area contributed by atoms with Crippen molar-refractivity contribution in [3.63, 3.8) is 0 Å². The molecule has 3 heterocycles. The van der Waals surface area contributed by atoms with Crippen LogP contribution < -0.4 is 10.1 Å². The number of benzene rings is 1. The molecule has 4 rings (SSSR count). The first kappa shape index (κ1) is 21.0. The van der Waals surface area contributed by atoms with Crippen molar-refractivity contribution in [2.24, 2.45) is 0 Å². The molecule has 2 aliphatic rings. The van der Waals surface area contributed by atoms with Crippen LogP contribution in [0.2, 0.25) is 0 Å². The van der Waals surface area contributed by atoms with Gasteiger partial charge in [0.15, 0.2) is 0 Å². The van der Waals surface area contributed by atoms with Crippen molar-refractivity contribution in [2.75, 3.05) is 51.8 Å². The number of carbonyl (C=O) groups is 3. The van der Waals surface area contributed by atoms with Crippen LogP contribution in [0.3, 0.4) is 0 Å². The number of nitrogens with zero attached hydrogens (tertiary/aromatic N) is 3. The number of carbonyl (C=O) groups excluding carboxylic acids is 3. The lowest BCUT2D eigenvalue weighted by atomic mass is 10.1. The molecular formula is C22H24N4O5. The van der Waals surface area contributed by atoms with Crippen LogP contribution in [-0.2, 0) is 4.74 Å². The number of nitrogens with one attached hydrogen (secondary N) is 1. The van der Waals surface area contributed by atoms with Crippen molar-refractivity contribution in [3.8, 4) is 5.88 Å². The molecule has 2 aromatic rings. The highest BCUT2D eigenvalue weighted by Gasteiger charge is 2.35. The molecule has 0 saturated carbocycles. The molecule has 3 amide bonds. The molecule has 31 heavy (non-hydrogen) atoms. The molecule has 0 unspecified atom stereocenters. The fraction of sp³-hybridized carbons (Fsp3) is 0.364. The molecule has 0 spiro atoms. The zero-order valence-corrected chi connectivity index (χ0v) is 17.3. The molecule has 0 bridgehead atoms. The lowest BCUT2D eigenvalue weighted by Crippen LogP contribution is -2.39. The van der Waals surface area contributed by atoms with E-state index in [-0.39, 0.29) is 23.3 Å². The predicted molar refractivity (Wildman–Crippen MR) is 112 cm³/mol. The number of methoxy groups -OCH3 is 1. The SMILES string of the molecule is COc1ccc(NC(=O)c2ccc3c(c2)C(=O)N(CCCN2CCOCC2)C3=O)cn1. The Labute approximate surface area is 179 Å². The highest BCUT2D eigenvalue weighted by Crippen LogP contribution is 2.25. The number of imide groups is 1. The van der Waals surface area contributed by atoms with Crippen molar-refractivity contribution in [3.05, 3.63) is 53.2 Å². The van der Waals surface area contributed by atoms with Gasteiger partial charge in [-0.2, -0.15) is 0 Å². The molecule has 9 heteroatoms. The Bertz CT molecular complexity index is 986. The Morgan fingerprint density at radius 3 is 2.58 bits per heavy atom. The van der Waals surface area contributed by atoms with Crippen LogP contribution in [0, 0.1) is 0 Å². The monoisotopic (exact) mass is 424 g/mol. The van der Waals surface area contributed by atoms with Crippen molar-refractivity contribution in [1.29, 1.82) is 0 Å². The molecular weight excluding hydrogens is 400 g/mol. The van der Waals surface area contributed by atoms with Crippen molar-refractivity contribution >= 4 is 23.4 Å². The first-order chi connectivity index (χ1) is 15.1. The fourth-order valence-corrected chi connectivity index (χ4v) is 3.69. The minimum absolute atomic E-state index is 0.261. The predicted octanol–water partition coefficient (Wildman–Crippen LogP) is 1.66. The second kappa shape index (κ2) is 9.23. The molecule has 2 aliphatic heterocycles. The summed E-state index contributed by atoms with van der Waals surface area (Å²) < 4.78 is 10.3. The molecule has 0 atom stereocenters. The van der Waals surface area contributed by atoms with Gasteiger partial charge in [-0.1, -0.05) is 0 Å². The maximum absolute atomic E-state index is 12.8. The van der Waals surface area contributed by atoms with Gasteiger partial charge in [-0.15, -0.1) is 0 Å². The number of hydrogen-bond acceptors (Lipinski definition) is 7. The van der Waals surface area contributed by atoms with E-state index in [1.807, 2.05) is 0 Å². The topological polar surface area (TPSA) is 101 Å². The first-order valence-electron chi connectivity index (χ1n) is 10.2. The van der Waals surface area contributed by atoms with E-state index in [9.17, 15) is 14.4 Å². The third kappa shape index (κ3) is 4.57. The molecule has 0 aliphatic carbocycles. The van der Waals surface area contributed by atoms with E-state index in [1.165, 1.54) is 24.3 Å². The number of morpholine rings is 1. The van der Waals surface area contributed by atoms with Gasteiger partial charge in [0.2, 0.25) is 5.88 Å². The summed E-state index contributed by atoms with van der Waals surface area (Å²) in [6.07, 6.45) is 2.18. The van der Waals surface area contributed by atoms with Crippen LogP contribution in [0.15, 0.2) is 36.5 Å². The Morgan fingerprint density at radius 1 is 1.10 bits per heavy atom. The van der Waals surface area contributed by atoms with E-state index < -0.39 is 0 Å². The Hall–Kier alpha value is -3.30. The molecule has 9 nitrogen and oxygen atoms in total. The van der Waals surface area contributed by atoms with E-state index in [2.05, 4.69) is 15.2 Å². The third-order valence-corrected chi connectivity index (χ3v) is 5.40. The molecule has 1 fully saturated rings. The number of fused-ring (bicyclic) bond motifs is 1. The molecule has 0 radical (unpaired) electrons. The van der Waals surface area contributed by atoms with Gasteiger partial charge in [0, 0.05) is 37.8 Å². The van der Waals surface area contributed by atoms with Crippen LogP contribution in [0.25, 0.3) is 0 Å². The van der Waals surface area contributed by atoms with Gasteiger partial charge in [0.05, 0.1) is 43.3 Å². The summed E-state index contributed by atoms with van der Waals surface area (Å²) in [4.78, 5) is 45.6. The summed E-state index contributed by atoms with van der Waals surface area (Å²) in [6.45, 7) is 4.31. The number of anilines is 1. The van der Waals surface area contributed by atoms with Crippen LogP contribution in [0.1, 0.15) is 37.5 Å². The lowest BCUT2D eigenvalue weighted by Gasteiger charge is -2.27. The highest BCUT2D eigenvalue weighted by atomic mass is 16.5. The van der Waals surface area contributed by atoms with Crippen molar-refractivity contribution < 1.29 is 23.9 Å². The summed E-state index contributed by atoms with van der Waals surface area (Å²) in [5.41, 5.74) is 1.39. The van der Waals surface area contributed by atoms with E-state index >= 15 is 0 Å². The number of amides is 3.